The van der Waals surface area contributed by atoms with Gasteiger partial charge >= 0.3 is 0 Å². The van der Waals surface area contributed by atoms with E-state index in [-0.39, 0.29) is 5.91 Å². The standard InChI is InChI=1S/C22H32N6O/c1-26(2)12-4-10-24-22(29)21-17-19(9-11-23-21)25-18-5-7-20(8-6-18)28-15-13-27(3)14-16-28/h5-9,11,17H,4,10,12-16H2,1-3H3,(H,23,25)(H,24,29). The molecule has 0 unspecified atom stereocenters. The molecule has 156 valence electrons. The van der Waals surface area contributed by atoms with E-state index in [9.17, 15) is 4.79 Å². The minimum Gasteiger partial charge on any atom is -0.369 e. The summed E-state index contributed by atoms with van der Waals surface area (Å²) in [6, 6.07) is 12.1. The molecule has 0 saturated carbocycles. The van der Waals surface area contributed by atoms with E-state index in [0.29, 0.717) is 12.2 Å². The molecule has 3 rings (SSSR count). The van der Waals surface area contributed by atoms with Gasteiger partial charge in [-0.2, -0.15) is 0 Å². The van der Waals surface area contributed by atoms with Gasteiger partial charge in [-0.1, -0.05) is 0 Å². The smallest absolute Gasteiger partial charge is 0.269 e. The molecule has 1 amide bonds. The maximum atomic E-state index is 12.3. The molecule has 0 aliphatic carbocycles. The van der Waals surface area contributed by atoms with Crippen molar-refractivity contribution in [3.63, 3.8) is 0 Å². The number of anilines is 3. The first-order valence-corrected chi connectivity index (χ1v) is 10.2. The maximum absolute atomic E-state index is 12.3. The highest BCUT2D eigenvalue weighted by molar-refractivity contribution is 5.93. The van der Waals surface area contributed by atoms with E-state index in [4.69, 9.17) is 0 Å². The number of carbonyl (C=O) groups is 1. The molecular formula is C22H32N6O. The van der Waals surface area contributed by atoms with Gasteiger partial charge in [-0.25, -0.2) is 0 Å². The van der Waals surface area contributed by atoms with E-state index in [0.717, 1.165) is 50.5 Å². The normalized spacial score (nSPS) is 14.8. The highest BCUT2D eigenvalue weighted by atomic mass is 16.1. The van der Waals surface area contributed by atoms with E-state index in [1.54, 1.807) is 12.3 Å². The highest BCUT2D eigenvalue weighted by Gasteiger charge is 2.14. The molecule has 7 nitrogen and oxygen atoms in total. The Labute approximate surface area is 173 Å². The van der Waals surface area contributed by atoms with Crippen LogP contribution in [-0.4, -0.2) is 81.1 Å². The van der Waals surface area contributed by atoms with Crippen molar-refractivity contribution in [1.82, 2.24) is 20.1 Å². The number of carbonyl (C=O) groups excluding carboxylic acids is 1. The number of benzene rings is 1. The van der Waals surface area contributed by atoms with Gasteiger partial charge < -0.3 is 25.3 Å². The van der Waals surface area contributed by atoms with Crippen molar-refractivity contribution in [1.29, 1.82) is 0 Å². The molecule has 1 aromatic carbocycles. The Morgan fingerprint density at radius 3 is 2.48 bits per heavy atom. The fourth-order valence-corrected chi connectivity index (χ4v) is 3.31. The molecular weight excluding hydrogens is 364 g/mol. The first-order chi connectivity index (χ1) is 14.0. The van der Waals surface area contributed by atoms with Crippen LogP contribution in [0.3, 0.4) is 0 Å². The minimum absolute atomic E-state index is 0.141. The van der Waals surface area contributed by atoms with Gasteiger partial charge in [0.1, 0.15) is 5.69 Å². The molecule has 2 heterocycles. The zero-order chi connectivity index (χ0) is 20.6. The molecule has 1 aromatic heterocycles. The lowest BCUT2D eigenvalue weighted by Crippen LogP contribution is -2.44. The Balaban J connectivity index is 1.55. The van der Waals surface area contributed by atoms with Crippen molar-refractivity contribution in [2.24, 2.45) is 0 Å². The summed E-state index contributed by atoms with van der Waals surface area (Å²) in [7, 11) is 6.21. The topological polar surface area (TPSA) is 63.7 Å². The summed E-state index contributed by atoms with van der Waals surface area (Å²) in [6.45, 7) is 5.89. The summed E-state index contributed by atoms with van der Waals surface area (Å²) in [6.07, 6.45) is 2.58. The Bertz CT molecular complexity index is 784. The summed E-state index contributed by atoms with van der Waals surface area (Å²) < 4.78 is 0. The molecule has 1 saturated heterocycles. The lowest BCUT2D eigenvalue weighted by Gasteiger charge is -2.34. The lowest BCUT2D eigenvalue weighted by atomic mass is 10.2. The zero-order valence-corrected chi connectivity index (χ0v) is 17.7. The molecule has 2 N–H and O–H groups in total. The number of rotatable bonds is 8. The van der Waals surface area contributed by atoms with Crippen molar-refractivity contribution in [2.45, 2.75) is 6.42 Å². The maximum Gasteiger partial charge on any atom is 0.269 e. The van der Waals surface area contributed by atoms with Crippen LogP contribution < -0.4 is 15.5 Å². The zero-order valence-electron chi connectivity index (χ0n) is 17.7. The molecule has 7 heteroatoms. The van der Waals surface area contributed by atoms with Crippen molar-refractivity contribution in [3.8, 4) is 0 Å². The Hall–Kier alpha value is -2.64. The van der Waals surface area contributed by atoms with Crippen LogP contribution >= 0.6 is 0 Å². The largest absolute Gasteiger partial charge is 0.369 e. The van der Waals surface area contributed by atoms with Crippen molar-refractivity contribution in [2.75, 3.05) is 70.6 Å². The minimum atomic E-state index is -0.141. The van der Waals surface area contributed by atoms with Crippen LogP contribution in [0.5, 0.6) is 0 Å². The number of likely N-dealkylation sites (N-methyl/N-ethyl adjacent to an activating group) is 1. The number of amides is 1. The molecule has 2 aromatic rings. The lowest BCUT2D eigenvalue weighted by molar-refractivity contribution is 0.0947. The summed E-state index contributed by atoms with van der Waals surface area (Å²) in [4.78, 5) is 23.4. The average Bonchev–Trinajstić information content (AvgIpc) is 2.72. The molecule has 1 aliphatic heterocycles. The van der Waals surface area contributed by atoms with E-state index in [1.807, 2.05) is 20.2 Å². The van der Waals surface area contributed by atoms with Gasteiger partial charge in [0.05, 0.1) is 0 Å². The van der Waals surface area contributed by atoms with Crippen LogP contribution in [0.15, 0.2) is 42.6 Å². The van der Waals surface area contributed by atoms with Crippen LogP contribution in [0.25, 0.3) is 0 Å². The summed E-state index contributed by atoms with van der Waals surface area (Å²) >= 11 is 0. The van der Waals surface area contributed by atoms with Gasteiger partial charge in [0.2, 0.25) is 0 Å². The average molecular weight is 397 g/mol. The number of pyridine rings is 1. The number of nitrogens with zero attached hydrogens (tertiary/aromatic N) is 4. The molecule has 0 spiro atoms. The Morgan fingerprint density at radius 1 is 1.07 bits per heavy atom. The van der Waals surface area contributed by atoms with Crippen LogP contribution in [0.4, 0.5) is 17.1 Å². The predicted molar refractivity (Wildman–Crippen MR) is 119 cm³/mol. The summed E-state index contributed by atoms with van der Waals surface area (Å²) in [5, 5.41) is 6.29. The quantitative estimate of drug-likeness (QED) is 0.668. The summed E-state index contributed by atoms with van der Waals surface area (Å²) in [5.74, 6) is -0.141. The van der Waals surface area contributed by atoms with Crippen molar-refractivity contribution < 1.29 is 4.79 Å². The van der Waals surface area contributed by atoms with Crippen LogP contribution in [0, 0.1) is 0 Å². The van der Waals surface area contributed by atoms with Gasteiger partial charge in [-0.05, 0) is 70.5 Å². The number of piperazine rings is 1. The molecule has 29 heavy (non-hydrogen) atoms. The van der Waals surface area contributed by atoms with E-state index in [2.05, 4.69) is 61.6 Å². The van der Waals surface area contributed by atoms with Gasteiger partial charge in [0, 0.05) is 56.0 Å². The highest BCUT2D eigenvalue weighted by Crippen LogP contribution is 2.22. The van der Waals surface area contributed by atoms with Crippen molar-refractivity contribution in [3.05, 3.63) is 48.3 Å². The molecule has 0 atom stereocenters. The number of aromatic nitrogens is 1. The van der Waals surface area contributed by atoms with Gasteiger partial charge in [-0.3, -0.25) is 9.78 Å². The molecule has 1 fully saturated rings. The Kier molecular flexibility index (Phi) is 7.43. The Morgan fingerprint density at radius 2 is 1.79 bits per heavy atom. The van der Waals surface area contributed by atoms with E-state index < -0.39 is 0 Å². The molecule has 0 bridgehead atoms. The van der Waals surface area contributed by atoms with Crippen LogP contribution in [0.1, 0.15) is 16.9 Å². The second-order valence-electron chi connectivity index (χ2n) is 7.80. The third-order valence-electron chi connectivity index (χ3n) is 5.08. The van der Waals surface area contributed by atoms with Gasteiger partial charge in [-0.15, -0.1) is 0 Å². The van der Waals surface area contributed by atoms with E-state index >= 15 is 0 Å². The second kappa shape index (κ2) is 10.2. The second-order valence-corrected chi connectivity index (χ2v) is 7.80. The molecule has 1 aliphatic rings. The number of hydrogen-bond acceptors (Lipinski definition) is 6. The number of hydrogen-bond donors (Lipinski definition) is 2. The molecule has 0 radical (unpaired) electrons. The predicted octanol–water partition coefficient (Wildman–Crippen LogP) is 2.26. The van der Waals surface area contributed by atoms with Crippen LogP contribution in [-0.2, 0) is 0 Å². The fourth-order valence-electron chi connectivity index (χ4n) is 3.31. The monoisotopic (exact) mass is 396 g/mol. The third kappa shape index (κ3) is 6.44. The van der Waals surface area contributed by atoms with Gasteiger partial charge in [0.25, 0.3) is 5.91 Å². The third-order valence-corrected chi connectivity index (χ3v) is 5.08. The van der Waals surface area contributed by atoms with E-state index in [1.165, 1.54) is 5.69 Å². The van der Waals surface area contributed by atoms with Crippen LogP contribution in [0.2, 0.25) is 0 Å². The first kappa shape index (κ1) is 21.1. The first-order valence-electron chi connectivity index (χ1n) is 10.2. The van der Waals surface area contributed by atoms with Crippen molar-refractivity contribution >= 4 is 23.0 Å². The fraction of sp³-hybridized carbons (Fsp3) is 0.455. The van der Waals surface area contributed by atoms with Gasteiger partial charge in [0.15, 0.2) is 0 Å². The summed E-state index contributed by atoms with van der Waals surface area (Å²) in [5.41, 5.74) is 3.52. The SMILES string of the molecule is CN(C)CCCNC(=O)c1cc(Nc2ccc(N3CCN(C)CC3)cc2)ccn1. The number of nitrogens with one attached hydrogen (secondary N) is 2.